The van der Waals surface area contributed by atoms with Crippen LogP contribution < -0.4 is 16.2 Å². The van der Waals surface area contributed by atoms with Crippen molar-refractivity contribution in [3.8, 4) is 5.75 Å². The second-order valence-corrected chi connectivity index (χ2v) is 5.29. The second-order valence-electron chi connectivity index (χ2n) is 4.24. The average Bonchev–Trinajstić information content (AvgIpc) is 2.46. The highest BCUT2D eigenvalue weighted by molar-refractivity contribution is 7.98. The van der Waals surface area contributed by atoms with Gasteiger partial charge in [0.15, 0.2) is 0 Å². The topological polar surface area (TPSA) is 78.3 Å². The van der Waals surface area contributed by atoms with Crippen molar-refractivity contribution in [2.24, 2.45) is 5.73 Å². The molecule has 0 saturated carbocycles. The lowest BCUT2D eigenvalue weighted by Gasteiger charge is -2.07. The number of nitrogen functional groups attached to an aromatic ring is 1. The van der Waals surface area contributed by atoms with Crippen molar-refractivity contribution >= 4 is 23.4 Å². The molecule has 0 aliphatic carbocycles. The fraction of sp³-hybridized carbons (Fsp3) is 0.133. The molecule has 2 rings (SSSR count). The maximum Gasteiger partial charge on any atom is 0.248 e. The molecule has 0 aliphatic rings. The Bertz CT molecular complexity index is 612. The molecular formula is C15H16N2O2S. The summed E-state index contributed by atoms with van der Waals surface area (Å²) >= 11 is 1.67. The van der Waals surface area contributed by atoms with Gasteiger partial charge in [-0.25, -0.2) is 0 Å². The maximum absolute atomic E-state index is 11.1. The zero-order valence-corrected chi connectivity index (χ0v) is 11.9. The van der Waals surface area contributed by atoms with Gasteiger partial charge in [0.2, 0.25) is 5.91 Å². The molecule has 0 spiro atoms. The van der Waals surface area contributed by atoms with E-state index >= 15 is 0 Å². The van der Waals surface area contributed by atoms with Crippen molar-refractivity contribution in [3.63, 3.8) is 0 Å². The van der Waals surface area contributed by atoms with Crippen molar-refractivity contribution in [1.29, 1.82) is 0 Å². The van der Waals surface area contributed by atoms with Crippen LogP contribution in [0.3, 0.4) is 0 Å². The van der Waals surface area contributed by atoms with E-state index in [9.17, 15) is 4.79 Å². The Labute approximate surface area is 122 Å². The van der Waals surface area contributed by atoms with Crippen LogP contribution in [0, 0.1) is 0 Å². The first kappa shape index (κ1) is 14.3. The Kier molecular flexibility index (Phi) is 4.53. The molecule has 0 aromatic heterocycles. The normalized spacial score (nSPS) is 10.2. The molecule has 4 nitrogen and oxygen atoms in total. The molecule has 104 valence electrons. The molecule has 5 heteroatoms. The van der Waals surface area contributed by atoms with E-state index in [0.717, 1.165) is 22.0 Å². The summed E-state index contributed by atoms with van der Waals surface area (Å²) in [6, 6.07) is 13.0. The quantitative estimate of drug-likeness (QED) is 0.655. The molecular weight excluding hydrogens is 272 g/mol. The van der Waals surface area contributed by atoms with Crippen LogP contribution in [0.4, 0.5) is 5.69 Å². The Morgan fingerprint density at radius 3 is 2.45 bits per heavy atom. The van der Waals surface area contributed by atoms with Gasteiger partial charge in [-0.2, -0.15) is 0 Å². The van der Waals surface area contributed by atoms with Crippen LogP contribution in [0.25, 0.3) is 0 Å². The highest BCUT2D eigenvalue weighted by Gasteiger charge is 2.05. The van der Waals surface area contributed by atoms with E-state index in [4.69, 9.17) is 16.2 Å². The molecule has 4 N–H and O–H groups in total. The summed E-state index contributed by atoms with van der Waals surface area (Å²) in [4.78, 5) is 12.2. The first-order valence-electron chi connectivity index (χ1n) is 6.05. The number of carbonyl (C=O) groups is 1. The average molecular weight is 288 g/mol. The lowest BCUT2D eigenvalue weighted by molar-refractivity contribution is 0.100. The summed E-state index contributed by atoms with van der Waals surface area (Å²) in [5.41, 5.74) is 13.1. The van der Waals surface area contributed by atoms with Crippen molar-refractivity contribution in [1.82, 2.24) is 0 Å². The predicted octanol–water partition coefficient (Wildman–Crippen LogP) is 2.67. The van der Waals surface area contributed by atoms with Crippen LogP contribution in [0.2, 0.25) is 0 Å². The molecule has 0 bridgehead atoms. The molecule has 0 unspecified atom stereocenters. The molecule has 0 atom stereocenters. The number of anilines is 1. The maximum atomic E-state index is 11.1. The summed E-state index contributed by atoms with van der Waals surface area (Å²) in [5.74, 6) is 1.10. The minimum absolute atomic E-state index is 0.431. The van der Waals surface area contributed by atoms with Gasteiger partial charge in [-0.1, -0.05) is 6.07 Å². The summed E-state index contributed by atoms with van der Waals surface area (Å²) in [7, 11) is 1.64. The zero-order chi connectivity index (χ0) is 14.5. The van der Waals surface area contributed by atoms with Crippen molar-refractivity contribution in [3.05, 3.63) is 53.6 Å². The van der Waals surface area contributed by atoms with Crippen LogP contribution in [0.1, 0.15) is 15.9 Å². The van der Waals surface area contributed by atoms with Gasteiger partial charge in [-0.15, -0.1) is 11.8 Å². The van der Waals surface area contributed by atoms with Crippen LogP contribution in [-0.4, -0.2) is 13.0 Å². The molecule has 0 fully saturated rings. The lowest BCUT2D eigenvalue weighted by Crippen LogP contribution is -2.11. The predicted molar refractivity (Wildman–Crippen MR) is 81.9 cm³/mol. The SMILES string of the molecule is COc1ccc(SCc2ccc(C(N)=O)cc2N)cc1. The number of benzene rings is 2. The third-order valence-corrected chi connectivity index (χ3v) is 3.95. The molecule has 0 saturated heterocycles. The van der Waals surface area contributed by atoms with Crippen LogP contribution in [0.5, 0.6) is 5.75 Å². The Morgan fingerprint density at radius 2 is 1.90 bits per heavy atom. The number of thioether (sulfide) groups is 1. The minimum atomic E-state index is -0.467. The van der Waals surface area contributed by atoms with Gasteiger partial charge >= 0.3 is 0 Å². The molecule has 1 amide bonds. The van der Waals surface area contributed by atoms with Gasteiger partial charge in [-0.05, 0) is 42.0 Å². The number of primary amides is 1. The zero-order valence-electron chi connectivity index (χ0n) is 11.1. The largest absolute Gasteiger partial charge is 0.497 e. The number of ether oxygens (including phenoxy) is 1. The second kappa shape index (κ2) is 6.34. The number of carbonyl (C=O) groups excluding carboxylic acids is 1. The Hall–Kier alpha value is -2.14. The molecule has 0 radical (unpaired) electrons. The molecule has 2 aromatic carbocycles. The molecule has 0 heterocycles. The minimum Gasteiger partial charge on any atom is -0.497 e. The third kappa shape index (κ3) is 3.45. The van der Waals surface area contributed by atoms with Gasteiger partial charge in [0.05, 0.1) is 7.11 Å². The molecule has 20 heavy (non-hydrogen) atoms. The molecule has 2 aromatic rings. The van der Waals surface area contributed by atoms with Gasteiger partial charge in [-0.3, -0.25) is 4.79 Å². The summed E-state index contributed by atoms with van der Waals surface area (Å²) < 4.78 is 5.11. The Balaban J connectivity index is 2.04. The number of amides is 1. The standard InChI is InChI=1S/C15H16N2O2S/c1-19-12-4-6-13(7-5-12)20-9-11-3-2-10(15(17)18)8-14(11)16/h2-8H,9,16H2,1H3,(H2,17,18). The first-order valence-corrected chi connectivity index (χ1v) is 7.04. The number of methoxy groups -OCH3 is 1. The van der Waals surface area contributed by atoms with E-state index in [1.807, 2.05) is 30.3 Å². The fourth-order valence-electron chi connectivity index (χ4n) is 1.71. The lowest BCUT2D eigenvalue weighted by atomic mass is 10.1. The highest BCUT2D eigenvalue weighted by Crippen LogP contribution is 2.27. The molecule has 0 aliphatic heterocycles. The third-order valence-electron chi connectivity index (χ3n) is 2.88. The van der Waals surface area contributed by atoms with Crippen LogP contribution in [0.15, 0.2) is 47.4 Å². The van der Waals surface area contributed by atoms with Crippen LogP contribution in [-0.2, 0) is 5.75 Å². The van der Waals surface area contributed by atoms with E-state index < -0.39 is 5.91 Å². The van der Waals surface area contributed by atoms with E-state index in [1.165, 1.54) is 0 Å². The number of hydrogen-bond acceptors (Lipinski definition) is 4. The summed E-state index contributed by atoms with van der Waals surface area (Å²) in [5, 5.41) is 0. The first-order chi connectivity index (χ1) is 9.60. The highest BCUT2D eigenvalue weighted by atomic mass is 32.2. The van der Waals surface area contributed by atoms with E-state index in [0.29, 0.717) is 11.3 Å². The summed E-state index contributed by atoms with van der Waals surface area (Å²) in [6.07, 6.45) is 0. The van der Waals surface area contributed by atoms with Gasteiger partial charge in [0, 0.05) is 21.9 Å². The van der Waals surface area contributed by atoms with Gasteiger partial charge in [0.1, 0.15) is 5.75 Å². The van der Waals surface area contributed by atoms with Crippen LogP contribution >= 0.6 is 11.8 Å². The number of nitrogens with two attached hydrogens (primary N) is 2. The van der Waals surface area contributed by atoms with Crippen molar-refractivity contribution < 1.29 is 9.53 Å². The van der Waals surface area contributed by atoms with E-state index in [-0.39, 0.29) is 0 Å². The fourth-order valence-corrected chi connectivity index (χ4v) is 2.63. The number of rotatable bonds is 5. The monoisotopic (exact) mass is 288 g/mol. The number of hydrogen-bond donors (Lipinski definition) is 2. The van der Waals surface area contributed by atoms with E-state index in [1.54, 1.807) is 31.0 Å². The van der Waals surface area contributed by atoms with E-state index in [2.05, 4.69) is 0 Å². The summed E-state index contributed by atoms with van der Waals surface area (Å²) in [6.45, 7) is 0. The van der Waals surface area contributed by atoms with Crippen molar-refractivity contribution in [2.45, 2.75) is 10.6 Å². The Morgan fingerprint density at radius 1 is 1.20 bits per heavy atom. The van der Waals surface area contributed by atoms with Gasteiger partial charge < -0.3 is 16.2 Å². The smallest absolute Gasteiger partial charge is 0.248 e. The van der Waals surface area contributed by atoms with Crippen molar-refractivity contribution in [2.75, 3.05) is 12.8 Å². The van der Waals surface area contributed by atoms with Gasteiger partial charge in [0.25, 0.3) is 0 Å².